The third-order valence-corrected chi connectivity index (χ3v) is 1.26. The normalized spacial score (nSPS) is 18.2. The third kappa shape index (κ3) is 1.51. The minimum absolute atomic E-state index is 0.133. The lowest BCUT2D eigenvalue weighted by molar-refractivity contribution is -0.391. The molecule has 1 aliphatic rings. The van der Waals surface area contributed by atoms with Gasteiger partial charge in [-0.15, -0.1) is 4.91 Å². The predicted molar refractivity (Wildman–Crippen MR) is 34.7 cm³/mol. The highest BCUT2D eigenvalue weighted by Crippen LogP contribution is 2.17. The maximum absolute atomic E-state index is 10.3. The van der Waals surface area contributed by atoms with Gasteiger partial charge in [-0.05, 0) is 29.2 Å². The first-order chi connectivity index (χ1) is 5.65. The smallest absolute Gasteiger partial charge is 0.274 e. The fourth-order valence-electron chi connectivity index (χ4n) is 0.485. The van der Waals surface area contributed by atoms with Gasteiger partial charge >= 0.3 is 6.16 Å². The minimum atomic E-state index is -0.993. The van der Waals surface area contributed by atoms with Crippen molar-refractivity contribution in [3.8, 4) is 0 Å². The van der Waals surface area contributed by atoms with E-state index in [1.165, 1.54) is 13.8 Å². The summed E-state index contributed by atoms with van der Waals surface area (Å²) in [5.74, 6) is 0. The van der Waals surface area contributed by atoms with E-state index >= 15 is 0 Å². The van der Waals surface area contributed by atoms with Crippen molar-refractivity contribution < 1.29 is 19.5 Å². The topological polar surface area (TPSA) is 77.4 Å². The van der Waals surface area contributed by atoms with E-state index in [9.17, 15) is 9.70 Å². The van der Waals surface area contributed by atoms with Crippen LogP contribution in [0.15, 0.2) is 16.6 Å². The Labute approximate surface area is 67.3 Å². The molecule has 0 aliphatic carbocycles. The second-order valence-electron chi connectivity index (χ2n) is 2.02. The average molecular weight is 174 g/mol. The molecule has 0 radical (unpaired) electrons. The van der Waals surface area contributed by atoms with Crippen LogP contribution in [0.3, 0.4) is 0 Å². The molecule has 1 heterocycles. The number of rotatable bonds is 2. The Bertz CT molecular complexity index is 248. The molecule has 0 spiro atoms. The van der Waals surface area contributed by atoms with Gasteiger partial charge in [-0.25, -0.2) is 4.89 Å². The number of nitroso groups, excluding NO2 is 1. The number of hydroxylamine groups is 2. The van der Waals surface area contributed by atoms with E-state index in [2.05, 4.69) is 19.9 Å². The van der Waals surface area contributed by atoms with Gasteiger partial charge in [0.2, 0.25) is 0 Å². The molecule has 0 aromatic carbocycles. The molecule has 66 valence electrons. The summed E-state index contributed by atoms with van der Waals surface area (Å²) < 4.78 is 0. The van der Waals surface area contributed by atoms with Gasteiger partial charge in [-0.1, -0.05) is 0 Å². The lowest BCUT2D eigenvalue weighted by atomic mass is 10.4. The molecule has 0 N–H and O–H groups in total. The van der Waals surface area contributed by atoms with Gasteiger partial charge in [-0.2, -0.15) is 4.79 Å². The zero-order valence-electron chi connectivity index (χ0n) is 6.44. The van der Waals surface area contributed by atoms with Crippen molar-refractivity contribution in [3.05, 3.63) is 16.3 Å². The number of carbonyl (C=O) groups excluding carboxylic acids is 1. The average Bonchev–Trinajstić information content (AvgIpc) is 2.49. The van der Waals surface area contributed by atoms with Crippen LogP contribution in [0.25, 0.3) is 0 Å². The maximum Gasteiger partial charge on any atom is 0.570 e. The van der Waals surface area contributed by atoms with Crippen LogP contribution >= 0.6 is 0 Å². The van der Waals surface area contributed by atoms with Crippen LogP contribution in [-0.2, 0) is 14.7 Å². The summed E-state index contributed by atoms with van der Waals surface area (Å²) in [5.41, 5.74) is 0.379. The highest BCUT2D eigenvalue weighted by Gasteiger charge is 2.27. The van der Waals surface area contributed by atoms with E-state index in [4.69, 9.17) is 0 Å². The maximum atomic E-state index is 10.3. The zero-order chi connectivity index (χ0) is 9.14. The molecule has 0 atom stereocenters. The van der Waals surface area contributed by atoms with Crippen molar-refractivity contribution in [2.24, 2.45) is 5.18 Å². The number of allylic oxidation sites excluding steroid dienone is 2. The second-order valence-corrected chi connectivity index (χ2v) is 2.02. The van der Waals surface area contributed by atoms with E-state index in [0.29, 0.717) is 5.23 Å². The molecular formula is C5H6N2O5. The number of hydrogen-bond donors (Lipinski definition) is 0. The van der Waals surface area contributed by atoms with Crippen molar-refractivity contribution in [2.75, 3.05) is 0 Å². The highest BCUT2D eigenvalue weighted by atomic mass is 17.4. The number of carbonyl (C=O) groups is 1. The SMILES string of the molecule is C/C(N=O)=C(/C)N1OOC(=O)O1. The fraction of sp³-hybridized carbons (Fsp3) is 0.400. The molecular weight excluding hydrogens is 168 g/mol. The van der Waals surface area contributed by atoms with Crippen molar-refractivity contribution in [1.82, 2.24) is 5.23 Å². The lowest BCUT2D eigenvalue weighted by Gasteiger charge is -2.08. The zero-order valence-corrected chi connectivity index (χ0v) is 6.44. The third-order valence-electron chi connectivity index (χ3n) is 1.26. The monoisotopic (exact) mass is 174 g/mol. The molecule has 0 unspecified atom stereocenters. The summed E-state index contributed by atoms with van der Waals surface area (Å²) in [6.07, 6.45) is -0.993. The van der Waals surface area contributed by atoms with Crippen LogP contribution < -0.4 is 0 Å². The van der Waals surface area contributed by atoms with Crippen molar-refractivity contribution in [1.29, 1.82) is 0 Å². The molecule has 12 heavy (non-hydrogen) atoms. The highest BCUT2D eigenvalue weighted by molar-refractivity contribution is 5.59. The van der Waals surface area contributed by atoms with Gasteiger partial charge in [0.15, 0.2) is 0 Å². The van der Waals surface area contributed by atoms with E-state index in [-0.39, 0.29) is 11.4 Å². The predicted octanol–water partition coefficient (Wildman–Crippen LogP) is 1.23. The largest absolute Gasteiger partial charge is 0.570 e. The quantitative estimate of drug-likeness (QED) is 0.462. The van der Waals surface area contributed by atoms with Gasteiger partial charge in [-0.3, -0.25) is 4.84 Å². The summed E-state index contributed by atoms with van der Waals surface area (Å²) in [5, 5.41) is 3.28. The molecule has 7 heteroatoms. The molecule has 1 fully saturated rings. The Hall–Kier alpha value is -1.63. The van der Waals surface area contributed by atoms with E-state index in [0.717, 1.165) is 0 Å². The summed E-state index contributed by atoms with van der Waals surface area (Å²) in [6.45, 7) is 2.93. The number of nitrogens with zero attached hydrogens (tertiary/aromatic N) is 2. The van der Waals surface area contributed by atoms with Gasteiger partial charge < -0.3 is 0 Å². The van der Waals surface area contributed by atoms with Crippen LogP contribution in [0.2, 0.25) is 0 Å². The van der Waals surface area contributed by atoms with Crippen LogP contribution in [0.4, 0.5) is 4.79 Å². The van der Waals surface area contributed by atoms with Crippen molar-refractivity contribution in [3.63, 3.8) is 0 Å². The summed E-state index contributed by atoms with van der Waals surface area (Å²) in [4.78, 5) is 32.9. The summed E-state index contributed by atoms with van der Waals surface area (Å²) in [6, 6.07) is 0. The van der Waals surface area contributed by atoms with Gasteiger partial charge in [0.1, 0.15) is 11.4 Å². The summed E-state index contributed by atoms with van der Waals surface area (Å²) >= 11 is 0. The lowest BCUT2D eigenvalue weighted by Crippen LogP contribution is -2.15. The Morgan fingerprint density at radius 3 is 2.58 bits per heavy atom. The van der Waals surface area contributed by atoms with Gasteiger partial charge in [0.25, 0.3) is 0 Å². The first kappa shape index (κ1) is 8.47. The summed E-state index contributed by atoms with van der Waals surface area (Å²) in [7, 11) is 0. The van der Waals surface area contributed by atoms with Gasteiger partial charge in [0, 0.05) is 0 Å². The van der Waals surface area contributed by atoms with Crippen LogP contribution in [-0.4, -0.2) is 11.4 Å². The molecule has 0 bridgehead atoms. The van der Waals surface area contributed by atoms with Gasteiger partial charge in [0.05, 0.1) is 0 Å². The fourth-order valence-corrected chi connectivity index (χ4v) is 0.485. The van der Waals surface area contributed by atoms with Crippen molar-refractivity contribution in [2.45, 2.75) is 13.8 Å². The first-order valence-corrected chi connectivity index (χ1v) is 3.02. The molecule has 1 saturated heterocycles. The van der Waals surface area contributed by atoms with Crippen LogP contribution in [0, 0.1) is 4.91 Å². The molecule has 0 aromatic heterocycles. The van der Waals surface area contributed by atoms with Crippen molar-refractivity contribution >= 4 is 6.16 Å². The Kier molecular flexibility index (Phi) is 2.24. The molecule has 0 saturated carbocycles. The Balaban J connectivity index is 2.71. The Morgan fingerprint density at radius 1 is 1.50 bits per heavy atom. The standard InChI is InChI=1S/C5H6N2O5/c1-3(6-9)4(2)7-10-5(8)11-12-7/h1-2H3/b4-3+. The molecule has 1 aliphatic heterocycles. The number of hydrogen-bond acceptors (Lipinski definition) is 7. The Morgan fingerprint density at radius 2 is 2.17 bits per heavy atom. The first-order valence-electron chi connectivity index (χ1n) is 3.02. The van der Waals surface area contributed by atoms with Crippen LogP contribution in [0.5, 0.6) is 0 Å². The minimum Gasteiger partial charge on any atom is -0.274 e. The van der Waals surface area contributed by atoms with E-state index < -0.39 is 6.16 Å². The second kappa shape index (κ2) is 3.18. The van der Waals surface area contributed by atoms with Crippen LogP contribution in [0.1, 0.15) is 13.8 Å². The van der Waals surface area contributed by atoms with E-state index in [1.54, 1.807) is 0 Å². The molecule has 7 nitrogen and oxygen atoms in total. The van der Waals surface area contributed by atoms with E-state index in [1.807, 2.05) is 0 Å². The molecule has 0 amide bonds. The molecule has 1 rings (SSSR count). The molecule has 0 aromatic rings.